The molecule has 1 amide bonds. The van der Waals surface area contributed by atoms with E-state index in [1.165, 1.54) is 32.1 Å². The number of benzene rings is 1. The van der Waals surface area contributed by atoms with E-state index < -0.39 is 10.0 Å². The highest BCUT2D eigenvalue weighted by Crippen LogP contribution is 2.30. The van der Waals surface area contributed by atoms with E-state index in [0.717, 1.165) is 45.4 Å². The van der Waals surface area contributed by atoms with Gasteiger partial charge in [0.1, 0.15) is 6.61 Å². The number of ether oxygens (including phenoxy) is 1. The van der Waals surface area contributed by atoms with Crippen molar-refractivity contribution in [1.29, 1.82) is 0 Å². The van der Waals surface area contributed by atoms with Gasteiger partial charge in [0, 0.05) is 49.3 Å². The summed E-state index contributed by atoms with van der Waals surface area (Å²) in [4.78, 5) is 17.4. The zero-order valence-corrected chi connectivity index (χ0v) is 21.8. The summed E-state index contributed by atoms with van der Waals surface area (Å²) in [7, 11) is -3.67. The highest BCUT2D eigenvalue weighted by molar-refractivity contribution is 7.89. The number of halogens is 1. The first-order chi connectivity index (χ1) is 16.4. The standard InChI is InChI=1S/C25H38ClN3O4S/c1-20-6-5-9-23(29(20)34(31,32)24-12-10-21(26)11-13-24)18-33-19-25(30)28-16-14-27(15-17-28)22-7-3-2-4-8-22/h10-13,20,22-23H,2-9,14-19H2,1H3/t20-,23-/m1/s1. The van der Waals surface area contributed by atoms with Crippen LogP contribution in [0.25, 0.3) is 0 Å². The van der Waals surface area contributed by atoms with E-state index in [9.17, 15) is 13.2 Å². The van der Waals surface area contributed by atoms with Crippen LogP contribution in [-0.4, -0.2) is 85.9 Å². The van der Waals surface area contributed by atoms with Crippen LogP contribution in [0, 0.1) is 0 Å². The summed E-state index contributed by atoms with van der Waals surface area (Å²) < 4.78 is 34.1. The molecule has 1 aliphatic carbocycles. The molecule has 4 rings (SSSR count). The lowest BCUT2D eigenvalue weighted by atomic mass is 9.94. The molecule has 3 aliphatic rings. The van der Waals surface area contributed by atoms with Crippen LogP contribution in [0.15, 0.2) is 29.2 Å². The summed E-state index contributed by atoms with van der Waals surface area (Å²) in [6, 6.07) is 6.58. The van der Waals surface area contributed by atoms with Gasteiger partial charge in [0.2, 0.25) is 15.9 Å². The van der Waals surface area contributed by atoms with Gasteiger partial charge in [-0.3, -0.25) is 9.69 Å². The Kier molecular flexibility index (Phi) is 8.91. The number of carbonyl (C=O) groups excluding carboxylic acids is 1. The van der Waals surface area contributed by atoms with E-state index >= 15 is 0 Å². The minimum absolute atomic E-state index is 0.000685. The van der Waals surface area contributed by atoms with Crippen molar-refractivity contribution < 1.29 is 17.9 Å². The third kappa shape index (κ3) is 6.13. The Labute approximate surface area is 209 Å². The van der Waals surface area contributed by atoms with Crippen LogP contribution in [-0.2, 0) is 19.6 Å². The molecule has 0 bridgehead atoms. The predicted octanol–water partition coefficient (Wildman–Crippen LogP) is 3.77. The van der Waals surface area contributed by atoms with Crippen LogP contribution in [0.1, 0.15) is 58.3 Å². The summed E-state index contributed by atoms with van der Waals surface area (Å²) in [6.45, 7) is 5.53. The summed E-state index contributed by atoms with van der Waals surface area (Å²) in [5.74, 6) is -0.000685. The number of carbonyl (C=O) groups is 1. The first-order valence-corrected chi connectivity index (χ1v) is 14.6. The summed E-state index contributed by atoms with van der Waals surface area (Å²) in [5, 5.41) is 0.503. The minimum Gasteiger partial charge on any atom is -0.370 e. The van der Waals surface area contributed by atoms with Crippen molar-refractivity contribution in [2.45, 2.75) is 81.3 Å². The molecule has 190 valence electrons. The molecule has 34 heavy (non-hydrogen) atoms. The molecule has 7 nitrogen and oxygen atoms in total. The zero-order valence-electron chi connectivity index (χ0n) is 20.2. The Hall–Kier alpha value is -1.19. The average molecular weight is 512 g/mol. The second-order valence-electron chi connectivity index (χ2n) is 9.95. The highest BCUT2D eigenvalue weighted by Gasteiger charge is 2.38. The molecule has 2 aliphatic heterocycles. The van der Waals surface area contributed by atoms with E-state index in [2.05, 4.69) is 4.90 Å². The monoisotopic (exact) mass is 511 g/mol. The van der Waals surface area contributed by atoms with Crippen LogP contribution in [0.2, 0.25) is 5.02 Å². The lowest BCUT2D eigenvalue weighted by Crippen LogP contribution is -2.53. The minimum atomic E-state index is -3.67. The fraction of sp³-hybridized carbons (Fsp3) is 0.720. The van der Waals surface area contributed by atoms with Crippen LogP contribution >= 0.6 is 11.6 Å². The van der Waals surface area contributed by atoms with Gasteiger partial charge in [-0.25, -0.2) is 8.42 Å². The maximum atomic E-state index is 13.4. The van der Waals surface area contributed by atoms with Crippen molar-refractivity contribution in [1.82, 2.24) is 14.1 Å². The summed E-state index contributed by atoms with van der Waals surface area (Å²) >= 11 is 5.95. The van der Waals surface area contributed by atoms with E-state index in [0.29, 0.717) is 11.1 Å². The lowest BCUT2D eigenvalue weighted by molar-refractivity contribution is -0.138. The molecule has 0 unspecified atom stereocenters. The average Bonchev–Trinajstić information content (AvgIpc) is 2.85. The van der Waals surface area contributed by atoms with Crippen molar-refractivity contribution in [3.63, 3.8) is 0 Å². The number of piperidine rings is 1. The second-order valence-corrected chi connectivity index (χ2v) is 12.2. The Morgan fingerprint density at radius 3 is 2.32 bits per heavy atom. The van der Waals surface area contributed by atoms with Gasteiger partial charge in [-0.05, 0) is 56.9 Å². The van der Waals surface area contributed by atoms with Crippen molar-refractivity contribution in [3.8, 4) is 0 Å². The third-order valence-electron chi connectivity index (χ3n) is 7.64. The normalized spacial score (nSPS) is 26.0. The van der Waals surface area contributed by atoms with Gasteiger partial charge >= 0.3 is 0 Å². The van der Waals surface area contributed by atoms with Gasteiger partial charge in [-0.2, -0.15) is 4.31 Å². The lowest BCUT2D eigenvalue weighted by Gasteiger charge is -2.41. The number of hydrogen-bond acceptors (Lipinski definition) is 5. The van der Waals surface area contributed by atoms with E-state index in [-0.39, 0.29) is 36.1 Å². The van der Waals surface area contributed by atoms with Gasteiger partial charge < -0.3 is 9.64 Å². The molecule has 0 aromatic heterocycles. The number of sulfonamides is 1. The number of amides is 1. The van der Waals surface area contributed by atoms with Crippen molar-refractivity contribution in [2.24, 2.45) is 0 Å². The molecular formula is C25H38ClN3O4S. The first-order valence-electron chi connectivity index (χ1n) is 12.7. The smallest absolute Gasteiger partial charge is 0.248 e. The summed E-state index contributed by atoms with van der Waals surface area (Å²) in [5.41, 5.74) is 0. The molecule has 0 radical (unpaired) electrons. The maximum absolute atomic E-state index is 13.4. The van der Waals surface area contributed by atoms with Crippen LogP contribution < -0.4 is 0 Å². The van der Waals surface area contributed by atoms with Crippen molar-refractivity contribution >= 4 is 27.5 Å². The Balaban J connectivity index is 1.29. The topological polar surface area (TPSA) is 70.2 Å². The van der Waals surface area contributed by atoms with Gasteiger partial charge in [0.25, 0.3) is 0 Å². The van der Waals surface area contributed by atoms with Gasteiger partial charge in [0.05, 0.1) is 11.5 Å². The van der Waals surface area contributed by atoms with Gasteiger partial charge in [-0.15, -0.1) is 0 Å². The maximum Gasteiger partial charge on any atom is 0.248 e. The van der Waals surface area contributed by atoms with Crippen molar-refractivity contribution in [2.75, 3.05) is 39.4 Å². The van der Waals surface area contributed by atoms with Crippen LogP contribution in [0.5, 0.6) is 0 Å². The van der Waals surface area contributed by atoms with E-state index in [1.54, 1.807) is 28.6 Å². The molecular weight excluding hydrogens is 474 g/mol. The largest absolute Gasteiger partial charge is 0.370 e. The molecule has 1 aromatic carbocycles. The number of nitrogens with zero attached hydrogens (tertiary/aromatic N) is 3. The zero-order chi connectivity index (χ0) is 24.1. The SMILES string of the molecule is C[C@@H]1CCC[C@H](COCC(=O)N2CCN(C3CCCCC3)CC2)N1S(=O)(=O)c1ccc(Cl)cc1. The molecule has 1 saturated carbocycles. The predicted molar refractivity (Wildman–Crippen MR) is 133 cm³/mol. The quantitative estimate of drug-likeness (QED) is 0.557. The Morgan fingerprint density at radius 1 is 0.971 bits per heavy atom. The van der Waals surface area contributed by atoms with E-state index in [1.807, 2.05) is 11.8 Å². The Morgan fingerprint density at radius 2 is 1.65 bits per heavy atom. The van der Waals surface area contributed by atoms with Crippen molar-refractivity contribution in [3.05, 3.63) is 29.3 Å². The first kappa shape index (κ1) is 25.9. The number of rotatable bonds is 7. The molecule has 2 atom stereocenters. The molecule has 9 heteroatoms. The molecule has 2 saturated heterocycles. The highest BCUT2D eigenvalue weighted by atomic mass is 35.5. The van der Waals surface area contributed by atoms with Gasteiger partial charge in [0.15, 0.2) is 0 Å². The molecule has 0 spiro atoms. The molecule has 2 heterocycles. The molecule has 0 N–H and O–H groups in total. The van der Waals surface area contributed by atoms with Crippen LogP contribution in [0.3, 0.4) is 0 Å². The summed E-state index contributed by atoms with van der Waals surface area (Å²) in [6.07, 6.45) is 9.05. The van der Waals surface area contributed by atoms with Crippen LogP contribution in [0.4, 0.5) is 0 Å². The van der Waals surface area contributed by atoms with E-state index in [4.69, 9.17) is 16.3 Å². The Bertz CT molecular complexity index is 913. The number of hydrogen-bond donors (Lipinski definition) is 0. The second kappa shape index (κ2) is 11.7. The fourth-order valence-electron chi connectivity index (χ4n) is 5.74. The fourth-order valence-corrected chi connectivity index (χ4v) is 7.73. The number of piperazine rings is 1. The van der Waals surface area contributed by atoms with Gasteiger partial charge in [-0.1, -0.05) is 37.3 Å². The molecule has 3 fully saturated rings. The molecule has 1 aromatic rings. The third-order valence-corrected chi connectivity index (χ3v) is 9.97.